The molecule has 0 aliphatic rings. The molecule has 9 heteroatoms. The van der Waals surface area contributed by atoms with E-state index >= 15 is 0 Å². The van der Waals surface area contributed by atoms with E-state index in [1.54, 1.807) is 13.4 Å². The number of aromatic nitrogens is 4. The summed E-state index contributed by atoms with van der Waals surface area (Å²) in [6.07, 6.45) is 3.41. The highest BCUT2D eigenvalue weighted by Crippen LogP contribution is 2.15. The van der Waals surface area contributed by atoms with Gasteiger partial charge >= 0.3 is 0 Å². The van der Waals surface area contributed by atoms with Crippen LogP contribution in [0.1, 0.15) is 43.6 Å². The summed E-state index contributed by atoms with van der Waals surface area (Å²) >= 11 is 0. The summed E-state index contributed by atoms with van der Waals surface area (Å²) in [6, 6.07) is 0. The highest BCUT2D eigenvalue weighted by molar-refractivity contribution is 14.0. The topological polar surface area (TPSA) is 93.2 Å². The van der Waals surface area contributed by atoms with E-state index in [0.29, 0.717) is 19.0 Å². The van der Waals surface area contributed by atoms with Gasteiger partial charge in [0.2, 0.25) is 0 Å². The van der Waals surface area contributed by atoms with Gasteiger partial charge in [-0.3, -0.25) is 4.99 Å². The minimum atomic E-state index is 0. The van der Waals surface area contributed by atoms with Crippen LogP contribution in [0.2, 0.25) is 0 Å². The Bertz CT molecular complexity index is 629. The molecule has 0 atom stereocenters. The Morgan fingerprint density at radius 2 is 1.96 bits per heavy atom. The monoisotopic (exact) mass is 447 g/mol. The molecule has 2 rings (SSSR count). The Hall–Kier alpha value is -1.65. The van der Waals surface area contributed by atoms with Gasteiger partial charge in [-0.1, -0.05) is 19.0 Å². The lowest BCUT2D eigenvalue weighted by atomic mass is 10.1. The second kappa shape index (κ2) is 10.3. The SMILES string of the molecule is CCc1noc(CC)c1CNC(=NC)NCc1nncn1CC.I. The quantitative estimate of drug-likeness (QED) is 0.383. The van der Waals surface area contributed by atoms with Gasteiger partial charge in [-0.25, -0.2) is 0 Å². The van der Waals surface area contributed by atoms with E-state index in [4.69, 9.17) is 4.52 Å². The average molecular weight is 447 g/mol. The molecule has 0 bridgehead atoms. The normalized spacial score (nSPS) is 11.2. The van der Waals surface area contributed by atoms with Crippen molar-refractivity contribution in [1.82, 2.24) is 30.6 Å². The van der Waals surface area contributed by atoms with Crippen molar-refractivity contribution in [2.75, 3.05) is 7.05 Å². The molecule has 2 N–H and O–H groups in total. The van der Waals surface area contributed by atoms with Crippen molar-refractivity contribution in [2.45, 2.75) is 53.2 Å². The van der Waals surface area contributed by atoms with Gasteiger partial charge in [0.05, 0.1) is 12.2 Å². The Morgan fingerprint density at radius 3 is 2.58 bits per heavy atom. The number of hydrogen-bond donors (Lipinski definition) is 2. The molecule has 8 nitrogen and oxygen atoms in total. The summed E-state index contributed by atoms with van der Waals surface area (Å²) < 4.78 is 7.37. The lowest BCUT2D eigenvalue weighted by molar-refractivity contribution is 0.380. The molecule has 0 aromatic carbocycles. The first-order chi connectivity index (χ1) is 11.2. The van der Waals surface area contributed by atoms with Crippen molar-refractivity contribution in [3.63, 3.8) is 0 Å². The molecule has 2 aromatic heterocycles. The Balaban J connectivity index is 0.00000288. The smallest absolute Gasteiger partial charge is 0.191 e. The molecular weight excluding hydrogens is 421 g/mol. The van der Waals surface area contributed by atoms with Crippen LogP contribution in [0.25, 0.3) is 0 Å². The lowest BCUT2D eigenvalue weighted by Gasteiger charge is -2.12. The third-order valence-corrected chi connectivity index (χ3v) is 3.71. The van der Waals surface area contributed by atoms with Crippen LogP contribution in [0.5, 0.6) is 0 Å². The summed E-state index contributed by atoms with van der Waals surface area (Å²) in [6.45, 7) is 8.24. The zero-order valence-electron chi connectivity index (χ0n) is 14.7. The fourth-order valence-corrected chi connectivity index (χ4v) is 2.37. The van der Waals surface area contributed by atoms with Gasteiger partial charge < -0.3 is 19.7 Å². The predicted molar refractivity (Wildman–Crippen MR) is 103 cm³/mol. The summed E-state index contributed by atoms with van der Waals surface area (Å²) in [4.78, 5) is 4.24. The van der Waals surface area contributed by atoms with Gasteiger partial charge in [0, 0.05) is 32.1 Å². The Kier molecular flexibility index (Phi) is 8.72. The molecule has 2 heterocycles. The third-order valence-electron chi connectivity index (χ3n) is 3.71. The van der Waals surface area contributed by atoms with Crippen LogP contribution in [0.3, 0.4) is 0 Å². The van der Waals surface area contributed by atoms with Crippen molar-refractivity contribution >= 4 is 29.9 Å². The van der Waals surface area contributed by atoms with E-state index in [1.807, 2.05) is 4.57 Å². The van der Waals surface area contributed by atoms with Crippen molar-refractivity contribution in [3.8, 4) is 0 Å². The summed E-state index contributed by atoms with van der Waals surface area (Å²) in [7, 11) is 1.75. The fraction of sp³-hybridized carbons (Fsp3) is 0.600. The summed E-state index contributed by atoms with van der Waals surface area (Å²) in [5.74, 6) is 2.51. The highest BCUT2D eigenvalue weighted by atomic mass is 127. The molecule has 0 amide bonds. The largest absolute Gasteiger partial charge is 0.361 e. The number of aliphatic imine (C=N–C) groups is 1. The van der Waals surface area contributed by atoms with Gasteiger partial charge in [-0.15, -0.1) is 34.2 Å². The predicted octanol–water partition coefficient (Wildman–Crippen LogP) is 1.89. The average Bonchev–Trinajstić information content (AvgIpc) is 3.20. The van der Waals surface area contributed by atoms with Crippen LogP contribution in [-0.4, -0.2) is 32.9 Å². The van der Waals surface area contributed by atoms with E-state index < -0.39 is 0 Å². The molecule has 0 aliphatic heterocycles. The molecule has 0 aliphatic carbocycles. The van der Waals surface area contributed by atoms with E-state index in [1.165, 1.54) is 0 Å². The van der Waals surface area contributed by atoms with Crippen LogP contribution in [0, 0.1) is 0 Å². The first-order valence-corrected chi connectivity index (χ1v) is 8.00. The molecule has 2 aromatic rings. The molecule has 0 spiro atoms. The maximum Gasteiger partial charge on any atom is 0.191 e. The van der Waals surface area contributed by atoms with Crippen LogP contribution in [-0.2, 0) is 32.5 Å². The zero-order valence-corrected chi connectivity index (χ0v) is 17.0. The van der Waals surface area contributed by atoms with Crippen LogP contribution < -0.4 is 10.6 Å². The number of guanidine groups is 1. The fourth-order valence-electron chi connectivity index (χ4n) is 2.37. The second-order valence-corrected chi connectivity index (χ2v) is 5.05. The second-order valence-electron chi connectivity index (χ2n) is 5.05. The van der Waals surface area contributed by atoms with E-state index in [0.717, 1.165) is 42.2 Å². The van der Waals surface area contributed by atoms with Gasteiger partial charge in [0.15, 0.2) is 11.8 Å². The van der Waals surface area contributed by atoms with E-state index in [2.05, 4.69) is 51.8 Å². The summed E-state index contributed by atoms with van der Waals surface area (Å²) in [5, 5.41) is 18.7. The molecule has 0 saturated carbocycles. The lowest BCUT2D eigenvalue weighted by Crippen LogP contribution is -2.37. The standard InChI is InChI=1S/C15H25N7O.HI/c1-5-12-11(13(6-2)23-21-12)8-17-15(16-4)18-9-14-20-19-10-22(14)7-3;/h10H,5-9H2,1-4H3,(H2,16,17,18);1H. The number of halogens is 1. The van der Waals surface area contributed by atoms with Gasteiger partial charge in [-0.05, 0) is 13.3 Å². The molecule has 0 unspecified atom stereocenters. The number of rotatable bonds is 7. The van der Waals surface area contributed by atoms with Crippen molar-refractivity contribution in [2.24, 2.45) is 4.99 Å². The Morgan fingerprint density at radius 1 is 1.21 bits per heavy atom. The number of hydrogen-bond acceptors (Lipinski definition) is 5. The maximum absolute atomic E-state index is 5.38. The maximum atomic E-state index is 5.38. The molecule has 24 heavy (non-hydrogen) atoms. The van der Waals surface area contributed by atoms with Crippen molar-refractivity contribution in [1.29, 1.82) is 0 Å². The molecule has 0 radical (unpaired) electrons. The molecule has 0 fully saturated rings. The number of aryl methyl sites for hydroxylation is 3. The van der Waals surface area contributed by atoms with Crippen molar-refractivity contribution < 1.29 is 4.52 Å². The molecular formula is C15H26IN7O. The van der Waals surface area contributed by atoms with Crippen LogP contribution >= 0.6 is 24.0 Å². The summed E-state index contributed by atoms with van der Waals surface area (Å²) in [5.41, 5.74) is 2.12. The van der Waals surface area contributed by atoms with Crippen LogP contribution in [0.15, 0.2) is 15.8 Å². The first kappa shape index (κ1) is 20.4. The number of nitrogens with zero attached hydrogens (tertiary/aromatic N) is 5. The minimum absolute atomic E-state index is 0. The minimum Gasteiger partial charge on any atom is -0.361 e. The third kappa shape index (κ3) is 4.92. The van der Waals surface area contributed by atoms with Crippen LogP contribution in [0.4, 0.5) is 0 Å². The molecule has 0 saturated heterocycles. The van der Waals surface area contributed by atoms with Gasteiger partial charge in [-0.2, -0.15) is 0 Å². The van der Waals surface area contributed by atoms with E-state index in [-0.39, 0.29) is 24.0 Å². The number of nitrogens with one attached hydrogen (secondary N) is 2. The zero-order chi connectivity index (χ0) is 16.7. The van der Waals surface area contributed by atoms with Crippen molar-refractivity contribution in [3.05, 3.63) is 29.2 Å². The van der Waals surface area contributed by atoms with Gasteiger partial charge in [0.25, 0.3) is 0 Å². The van der Waals surface area contributed by atoms with Gasteiger partial charge in [0.1, 0.15) is 12.1 Å². The first-order valence-electron chi connectivity index (χ1n) is 8.00. The molecule has 134 valence electrons. The van der Waals surface area contributed by atoms with E-state index in [9.17, 15) is 0 Å². The highest BCUT2D eigenvalue weighted by Gasteiger charge is 2.13. The Labute approximate surface area is 159 Å².